The van der Waals surface area contributed by atoms with Gasteiger partial charge in [0.25, 0.3) is 0 Å². The van der Waals surface area contributed by atoms with Gasteiger partial charge in [-0.3, -0.25) is 9.38 Å². The van der Waals surface area contributed by atoms with Crippen LogP contribution in [0.5, 0.6) is 0 Å². The summed E-state index contributed by atoms with van der Waals surface area (Å²) in [6, 6.07) is 42.7. The number of pyridine rings is 1. The number of aromatic nitrogens is 5. The highest BCUT2D eigenvalue weighted by Gasteiger charge is 2.21. The molecule has 5 aromatic heterocycles. The van der Waals surface area contributed by atoms with Crippen molar-refractivity contribution >= 4 is 76.7 Å². The molecule has 5 aromatic carbocycles. The molecule has 0 spiro atoms. The Morgan fingerprint density at radius 3 is 1.81 bits per heavy atom. The maximum Gasteiger partial charge on any atom is 0.165 e. The molecule has 5 heteroatoms. The van der Waals surface area contributed by atoms with Gasteiger partial charge in [-0.25, -0.2) is 9.97 Å². The number of benzene rings is 5. The molecule has 0 aliphatic rings. The van der Waals surface area contributed by atoms with Gasteiger partial charge in [0, 0.05) is 38.7 Å². The minimum absolute atomic E-state index is 0.836. The summed E-state index contributed by atoms with van der Waals surface area (Å²) >= 11 is 0. The van der Waals surface area contributed by atoms with Gasteiger partial charge in [-0.2, -0.15) is 0 Å². The van der Waals surface area contributed by atoms with Crippen LogP contribution in [0.1, 0.15) is 0 Å². The third-order valence-electron chi connectivity index (χ3n) is 8.69. The lowest BCUT2D eigenvalue weighted by molar-refractivity contribution is 1.24. The predicted octanol–water partition coefficient (Wildman–Crippen LogP) is 8.96. The third kappa shape index (κ3) is 2.74. The summed E-state index contributed by atoms with van der Waals surface area (Å²) in [6.45, 7) is 0. The van der Waals surface area contributed by atoms with Crippen molar-refractivity contribution in [3.8, 4) is 11.3 Å². The summed E-state index contributed by atoms with van der Waals surface area (Å²) in [5, 5.41) is 5.88. The van der Waals surface area contributed by atoms with E-state index in [0.717, 1.165) is 55.4 Å². The van der Waals surface area contributed by atoms with Crippen molar-refractivity contribution < 1.29 is 0 Å². The van der Waals surface area contributed by atoms with Crippen LogP contribution in [0, 0.1) is 0 Å². The minimum atomic E-state index is 0.836. The normalized spacial score (nSPS) is 12.3. The first-order chi connectivity index (χ1) is 20.8. The molecule has 0 aliphatic heterocycles. The second-order valence-electron chi connectivity index (χ2n) is 10.9. The van der Waals surface area contributed by atoms with Gasteiger partial charge in [0.2, 0.25) is 0 Å². The number of fused-ring (bicyclic) bond motifs is 12. The van der Waals surface area contributed by atoms with E-state index in [-0.39, 0.29) is 0 Å². The Labute approximate surface area is 238 Å². The van der Waals surface area contributed by atoms with Crippen molar-refractivity contribution in [1.82, 2.24) is 23.8 Å². The number of para-hydroxylation sites is 4. The predicted molar refractivity (Wildman–Crippen MR) is 172 cm³/mol. The van der Waals surface area contributed by atoms with E-state index in [0.29, 0.717) is 0 Å². The third-order valence-corrected chi connectivity index (χ3v) is 8.69. The van der Waals surface area contributed by atoms with Crippen molar-refractivity contribution in [3.05, 3.63) is 128 Å². The molecule has 10 rings (SSSR count). The summed E-state index contributed by atoms with van der Waals surface area (Å²) in [5.41, 5.74) is 11.1. The zero-order valence-electron chi connectivity index (χ0n) is 22.4. The van der Waals surface area contributed by atoms with Crippen LogP contribution in [-0.4, -0.2) is 23.8 Å². The van der Waals surface area contributed by atoms with Gasteiger partial charge in [-0.1, -0.05) is 72.8 Å². The first-order valence-electron chi connectivity index (χ1n) is 14.1. The molecule has 0 atom stereocenters. The van der Waals surface area contributed by atoms with Crippen LogP contribution in [0.4, 0.5) is 0 Å². The van der Waals surface area contributed by atoms with E-state index in [1.54, 1.807) is 0 Å². The van der Waals surface area contributed by atoms with E-state index in [1.807, 2.05) is 42.6 Å². The number of rotatable bonds is 1. The molecular weight excluding hydrogens is 514 g/mol. The summed E-state index contributed by atoms with van der Waals surface area (Å²) in [5.74, 6) is 0. The molecule has 0 radical (unpaired) electrons. The van der Waals surface area contributed by atoms with Crippen molar-refractivity contribution in [2.45, 2.75) is 0 Å². The highest BCUT2D eigenvalue weighted by atomic mass is 15.0. The molecule has 42 heavy (non-hydrogen) atoms. The Morgan fingerprint density at radius 1 is 0.452 bits per heavy atom. The average molecular weight is 536 g/mol. The van der Waals surface area contributed by atoms with Crippen LogP contribution in [0.25, 0.3) is 88.0 Å². The highest BCUT2D eigenvalue weighted by molar-refractivity contribution is 6.25. The highest BCUT2D eigenvalue weighted by Crippen LogP contribution is 2.41. The topological polar surface area (TPSA) is 47.5 Å². The molecule has 0 bridgehead atoms. The molecular formula is C37H21N5. The largest absolute Gasteiger partial charge is 0.306 e. The molecule has 5 nitrogen and oxygen atoms in total. The van der Waals surface area contributed by atoms with E-state index >= 15 is 0 Å². The van der Waals surface area contributed by atoms with E-state index in [2.05, 4.69) is 98.7 Å². The Kier molecular flexibility index (Phi) is 4.12. The van der Waals surface area contributed by atoms with Gasteiger partial charge in [0.05, 0.1) is 44.3 Å². The molecule has 194 valence electrons. The van der Waals surface area contributed by atoms with E-state index in [9.17, 15) is 0 Å². The molecule has 0 saturated heterocycles. The average Bonchev–Trinajstić information content (AvgIpc) is 3.57. The molecule has 0 fully saturated rings. The van der Waals surface area contributed by atoms with Crippen LogP contribution in [0.3, 0.4) is 0 Å². The minimum Gasteiger partial charge on any atom is -0.306 e. The summed E-state index contributed by atoms with van der Waals surface area (Å²) in [7, 11) is 0. The van der Waals surface area contributed by atoms with E-state index < -0.39 is 0 Å². The van der Waals surface area contributed by atoms with Crippen molar-refractivity contribution in [2.24, 2.45) is 0 Å². The molecule has 0 unspecified atom stereocenters. The fourth-order valence-corrected chi connectivity index (χ4v) is 6.91. The van der Waals surface area contributed by atoms with Crippen molar-refractivity contribution in [3.63, 3.8) is 0 Å². The van der Waals surface area contributed by atoms with Gasteiger partial charge in [-0.15, -0.1) is 0 Å². The smallest absolute Gasteiger partial charge is 0.165 e. The van der Waals surface area contributed by atoms with E-state index in [4.69, 9.17) is 9.97 Å². The zero-order valence-corrected chi connectivity index (χ0v) is 22.4. The SMILES string of the molecule is c1ccc(-c2ccc3c(c2)c2nc4ccccc4nc2n2c4ccccc4c4ccc5c6ccccc6n3c5c42)nc1. The van der Waals surface area contributed by atoms with Gasteiger partial charge in [0.1, 0.15) is 5.52 Å². The molecule has 5 heterocycles. The van der Waals surface area contributed by atoms with Gasteiger partial charge in [-0.05, 0) is 48.5 Å². The molecule has 0 amide bonds. The number of nitrogens with zero attached hydrogens (tertiary/aromatic N) is 5. The lowest BCUT2D eigenvalue weighted by Crippen LogP contribution is -1.98. The maximum absolute atomic E-state index is 5.36. The van der Waals surface area contributed by atoms with Crippen molar-refractivity contribution in [2.75, 3.05) is 0 Å². The Balaban J connectivity index is 1.62. The zero-order chi connectivity index (χ0) is 27.4. The molecule has 0 saturated carbocycles. The Morgan fingerprint density at radius 2 is 1.07 bits per heavy atom. The lowest BCUT2D eigenvalue weighted by atomic mass is 10.1. The summed E-state index contributed by atoms with van der Waals surface area (Å²) < 4.78 is 4.77. The van der Waals surface area contributed by atoms with Gasteiger partial charge in [0.15, 0.2) is 5.65 Å². The monoisotopic (exact) mass is 535 g/mol. The van der Waals surface area contributed by atoms with Crippen LogP contribution < -0.4 is 0 Å². The van der Waals surface area contributed by atoms with Gasteiger partial charge >= 0.3 is 0 Å². The van der Waals surface area contributed by atoms with Crippen LogP contribution in [0.2, 0.25) is 0 Å². The standard InChI is InChI=1S/C37H21N5/c1-5-14-31-23(9-1)25-17-18-26-24-10-2-6-15-32(24)42-36(26)35(25)41(31)33-19-16-22(28-11-7-8-20-38-28)21-27(33)34-37(42)40-30-13-4-3-12-29(30)39-34/h1-21H. The Hall–Kier alpha value is -5.81. The van der Waals surface area contributed by atoms with Crippen LogP contribution in [-0.2, 0) is 0 Å². The van der Waals surface area contributed by atoms with Crippen LogP contribution in [0.15, 0.2) is 128 Å². The van der Waals surface area contributed by atoms with Crippen molar-refractivity contribution in [1.29, 1.82) is 0 Å². The fraction of sp³-hybridized carbons (Fsp3) is 0. The summed E-state index contributed by atoms with van der Waals surface area (Å²) in [4.78, 5) is 15.4. The first kappa shape index (κ1) is 21.9. The molecule has 0 N–H and O–H groups in total. The van der Waals surface area contributed by atoms with Crippen LogP contribution >= 0.6 is 0 Å². The van der Waals surface area contributed by atoms with Gasteiger partial charge < -0.3 is 4.40 Å². The second-order valence-corrected chi connectivity index (χ2v) is 10.9. The Bertz CT molecular complexity index is 2740. The summed E-state index contributed by atoms with van der Waals surface area (Å²) in [6.07, 6.45) is 1.84. The maximum atomic E-state index is 5.36. The molecule has 10 aromatic rings. The molecule has 0 aliphatic carbocycles. The number of hydrogen-bond acceptors (Lipinski definition) is 3. The quantitative estimate of drug-likeness (QED) is 0.211. The number of hydrogen-bond donors (Lipinski definition) is 0. The second kappa shape index (κ2) is 7.89. The van der Waals surface area contributed by atoms with E-state index in [1.165, 1.54) is 32.6 Å². The lowest BCUT2D eigenvalue weighted by Gasteiger charge is -2.12. The first-order valence-corrected chi connectivity index (χ1v) is 14.1. The fourth-order valence-electron chi connectivity index (χ4n) is 6.91.